The number of imidazole rings is 1. The average Bonchev–Trinajstić information content (AvgIpc) is 3.05. The van der Waals surface area contributed by atoms with Crippen molar-refractivity contribution in [2.45, 2.75) is 39.2 Å². The largest absolute Gasteiger partial charge is 0.351 e. The zero-order chi connectivity index (χ0) is 17.8. The number of rotatable bonds is 5. The first kappa shape index (κ1) is 17.4. The van der Waals surface area contributed by atoms with E-state index in [0.717, 1.165) is 44.3 Å². The summed E-state index contributed by atoms with van der Waals surface area (Å²) in [5.41, 5.74) is 1.26. The lowest BCUT2D eigenvalue weighted by atomic mass is 10.1. The van der Waals surface area contributed by atoms with Gasteiger partial charge in [0.25, 0.3) is 11.8 Å². The highest BCUT2D eigenvalue weighted by atomic mass is 16.2. The maximum absolute atomic E-state index is 12.9. The Labute approximate surface area is 147 Å². The number of hydrogen-bond donors (Lipinski definition) is 1. The van der Waals surface area contributed by atoms with Crippen LogP contribution >= 0.6 is 0 Å². The SMILES string of the molecule is CCCNC(=O)c1nc(C(=O)N2CCN(C=O)CC2)n2c1CCCC2. The van der Waals surface area contributed by atoms with Crippen molar-refractivity contribution in [1.82, 2.24) is 24.7 Å². The number of hydrogen-bond acceptors (Lipinski definition) is 4. The van der Waals surface area contributed by atoms with E-state index in [0.29, 0.717) is 44.2 Å². The molecule has 0 saturated carbocycles. The third-order valence-electron chi connectivity index (χ3n) is 4.81. The van der Waals surface area contributed by atoms with Crippen LogP contribution in [0.1, 0.15) is 53.0 Å². The number of piperazine rings is 1. The first-order valence-electron chi connectivity index (χ1n) is 9.02. The molecular weight excluding hydrogens is 322 g/mol. The molecule has 1 fully saturated rings. The molecule has 0 aromatic carbocycles. The van der Waals surface area contributed by atoms with Crippen LogP contribution in [-0.2, 0) is 17.8 Å². The van der Waals surface area contributed by atoms with Gasteiger partial charge in [-0.2, -0.15) is 0 Å². The van der Waals surface area contributed by atoms with Crippen LogP contribution in [-0.4, -0.2) is 70.3 Å². The van der Waals surface area contributed by atoms with E-state index in [1.54, 1.807) is 9.80 Å². The number of carbonyl (C=O) groups is 3. The van der Waals surface area contributed by atoms with Crippen molar-refractivity contribution in [3.8, 4) is 0 Å². The standard InChI is InChI=1S/C17H25N5O3/c1-2-6-18-16(24)14-13-5-3-4-7-22(13)15(19-14)17(25)21-10-8-20(12-23)9-11-21/h12H,2-11H2,1H3,(H,18,24). The Morgan fingerprint density at radius 1 is 1.16 bits per heavy atom. The second-order valence-electron chi connectivity index (χ2n) is 6.53. The minimum Gasteiger partial charge on any atom is -0.351 e. The molecule has 1 aromatic heterocycles. The molecule has 0 radical (unpaired) electrons. The maximum Gasteiger partial charge on any atom is 0.290 e. The summed E-state index contributed by atoms with van der Waals surface area (Å²) in [6, 6.07) is 0. The Morgan fingerprint density at radius 2 is 1.92 bits per heavy atom. The van der Waals surface area contributed by atoms with Gasteiger partial charge in [-0.25, -0.2) is 4.98 Å². The number of carbonyl (C=O) groups excluding carboxylic acids is 3. The van der Waals surface area contributed by atoms with Crippen molar-refractivity contribution in [1.29, 1.82) is 0 Å². The summed E-state index contributed by atoms with van der Waals surface area (Å²) in [6.45, 7) is 5.38. The Kier molecular flexibility index (Phi) is 5.35. The first-order chi connectivity index (χ1) is 12.2. The fourth-order valence-corrected chi connectivity index (χ4v) is 3.38. The lowest BCUT2D eigenvalue weighted by Gasteiger charge is -2.32. The molecule has 1 aromatic rings. The van der Waals surface area contributed by atoms with Gasteiger partial charge in [0, 0.05) is 39.3 Å². The number of fused-ring (bicyclic) bond motifs is 1. The summed E-state index contributed by atoms with van der Waals surface area (Å²) in [5, 5.41) is 2.86. The lowest BCUT2D eigenvalue weighted by molar-refractivity contribution is -0.119. The van der Waals surface area contributed by atoms with Crippen molar-refractivity contribution in [3.63, 3.8) is 0 Å². The molecule has 1 saturated heterocycles. The summed E-state index contributed by atoms with van der Waals surface area (Å²) in [7, 11) is 0. The van der Waals surface area contributed by atoms with E-state index >= 15 is 0 Å². The highest BCUT2D eigenvalue weighted by molar-refractivity contribution is 5.97. The van der Waals surface area contributed by atoms with Crippen molar-refractivity contribution in [3.05, 3.63) is 17.2 Å². The Bertz CT molecular complexity index is 661. The van der Waals surface area contributed by atoms with Crippen LogP contribution in [0.5, 0.6) is 0 Å². The van der Waals surface area contributed by atoms with E-state index in [9.17, 15) is 14.4 Å². The predicted octanol–water partition coefficient (Wildman–Crippen LogP) is 0.273. The molecule has 3 amide bonds. The molecule has 3 rings (SSSR count). The molecule has 8 heteroatoms. The summed E-state index contributed by atoms with van der Waals surface area (Å²) in [5.74, 6) is 0.0106. The quantitative estimate of drug-likeness (QED) is 0.775. The topological polar surface area (TPSA) is 87.5 Å². The molecule has 2 aliphatic heterocycles. The number of nitrogens with zero attached hydrogens (tertiary/aromatic N) is 4. The highest BCUT2D eigenvalue weighted by Gasteiger charge is 2.30. The third-order valence-corrected chi connectivity index (χ3v) is 4.81. The molecule has 0 aliphatic carbocycles. The number of aromatic nitrogens is 2. The van der Waals surface area contributed by atoms with Gasteiger partial charge in [0.2, 0.25) is 6.41 Å². The van der Waals surface area contributed by atoms with Crippen molar-refractivity contribution >= 4 is 18.2 Å². The van der Waals surface area contributed by atoms with Gasteiger partial charge in [-0.3, -0.25) is 14.4 Å². The number of amides is 3. The van der Waals surface area contributed by atoms with Crippen LogP contribution in [0.2, 0.25) is 0 Å². The Balaban J connectivity index is 1.83. The molecule has 1 N–H and O–H groups in total. The van der Waals surface area contributed by atoms with Gasteiger partial charge < -0.3 is 19.7 Å². The van der Waals surface area contributed by atoms with Crippen LogP contribution in [0.4, 0.5) is 0 Å². The minimum atomic E-state index is -0.197. The molecule has 0 spiro atoms. The van der Waals surface area contributed by atoms with Gasteiger partial charge >= 0.3 is 0 Å². The van der Waals surface area contributed by atoms with E-state index in [-0.39, 0.29) is 11.8 Å². The average molecular weight is 347 g/mol. The lowest BCUT2D eigenvalue weighted by Crippen LogP contribution is -2.48. The van der Waals surface area contributed by atoms with E-state index < -0.39 is 0 Å². The minimum absolute atomic E-state index is 0.150. The maximum atomic E-state index is 12.9. The van der Waals surface area contributed by atoms with Gasteiger partial charge in [-0.15, -0.1) is 0 Å². The van der Waals surface area contributed by atoms with Gasteiger partial charge in [0.15, 0.2) is 5.82 Å². The highest BCUT2D eigenvalue weighted by Crippen LogP contribution is 2.22. The molecule has 3 heterocycles. The fraction of sp³-hybridized carbons (Fsp3) is 0.647. The monoisotopic (exact) mass is 347 g/mol. The molecular formula is C17H25N5O3. The van der Waals surface area contributed by atoms with Gasteiger partial charge in [0.1, 0.15) is 5.69 Å². The Hall–Kier alpha value is -2.38. The molecule has 8 nitrogen and oxygen atoms in total. The van der Waals surface area contributed by atoms with Crippen LogP contribution < -0.4 is 5.32 Å². The van der Waals surface area contributed by atoms with E-state index in [2.05, 4.69) is 10.3 Å². The van der Waals surface area contributed by atoms with Crippen LogP contribution in [0.25, 0.3) is 0 Å². The normalized spacial score (nSPS) is 17.2. The van der Waals surface area contributed by atoms with Crippen molar-refractivity contribution in [2.75, 3.05) is 32.7 Å². The smallest absolute Gasteiger partial charge is 0.290 e. The van der Waals surface area contributed by atoms with E-state index in [1.807, 2.05) is 11.5 Å². The number of nitrogens with one attached hydrogen (secondary N) is 1. The summed E-state index contributed by atoms with van der Waals surface area (Å²) in [6.07, 6.45) is 4.43. The predicted molar refractivity (Wildman–Crippen MR) is 91.3 cm³/mol. The van der Waals surface area contributed by atoms with Gasteiger partial charge in [0.05, 0.1) is 5.69 Å². The van der Waals surface area contributed by atoms with E-state index in [1.165, 1.54) is 0 Å². The van der Waals surface area contributed by atoms with Crippen LogP contribution in [0.3, 0.4) is 0 Å². The van der Waals surface area contributed by atoms with Gasteiger partial charge in [-0.1, -0.05) is 6.92 Å². The van der Waals surface area contributed by atoms with Crippen LogP contribution in [0, 0.1) is 0 Å². The zero-order valence-electron chi connectivity index (χ0n) is 14.7. The van der Waals surface area contributed by atoms with Gasteiger partial charge in [-0.05, 0) is 25.7 Å². The first-order valence-corrected chi connectivity index (χ1v) is 9.02. The molecule has 136 valence electrons. The molecule has 25 heavy (non-hydrogen) atoms. The summed E-state index contributed by atoms with van der Waals surface area (Å²) >= 11 is 0. The summed E-state index contributed by atoms with van der Waals surface area (Å²) < 4.78 is 1.92. The second-order valence-corrected chi connectivity index (χ2v) is 6.53. The van der Waals surface area contributed by atoms with Crippen molar-refractivity contribution in [2.24, 2.45) is 0 Å². The zero-order valence-corrected chi connectivity index (χ0v) is 14.7. The second kappa shape index (κ2) is 7.67. The molecule has 0 bridgehead atoms. The fourth-order valence-electron chi connectivity index (χ4n) is 3.38. The molecule has 0 atom stereocenters. The molecule has 2 aliphatic rings. The molecule has 0 unspecified atom stereocenters. The van der Waals surface area contributed by atoms with E-state index in [4.69, 9.17) is 0 Å². The summed E-state index contributed by atoms with van der Waals surface area (Å²) in [4.78, 5) is 44.0. The third kappa shape index (κ3) is 3.52. The van der Waals surface area contributed by atoms with Crippen molar-refractivity contribution < 1.29 is 14.4 Å². The van der Waals surface area contributed by atoms with Crippen LogP contribution in [0.15, 0.2) is 0 Å². The Morgan fingerprint density at radius 3 is 2.60 bits per heavy atom.